The van der Waals surface area contributed by atoms with Crippen molar-refractivity contribution in [3.8, 4) is 0 Å². The Morgan fingerprint density at radius 2 is 2.10 bits per heavy atom. The van der Waals surface area contributed by atoms with Gasteiger partial charge in [-0.15, -0.1) is 0 Å². The van der Waals surface area contributed by atoms with Crippen LogP contribution >= 0.6 is 0 Å². The molecule has 1 saturated heterocycles. The maximum Gasteiger partial charge on any atom is 0.417 e. The van der Waals surface area contributed by atoms with Crippen molar-refractivity contribution in [3.05, 3.63) is 35.6 Å². The minimum absolute atomic E-state index is 0.194. The van der Waals surface area contributed by atoms with Crippen LogP contribution in [0.4, 0.5) is 9.18 Å². The number of halogens is 1. The van der Waals surface area contributed by atoms with Crippen molar-refractivity contribution in [3.63, 3.8) is 0 Å². The highest BCUT2D eigenvalue weighted by Gasteiger charge is 2.45. The number of hydrogen-bond donors (Lipinski definition) is 1. The van der Waals surface area contributed by atoms with E-state index < -0.39 is 35.6 Å². The van der Waals surface area contributed by atoms with Crippen LogP contribution in [-0.4, -0.2) is 33.7 Å². The number of aliphatic hydroxyl groups is 1. The lowest BCUT2D eigenvalue weighted by Gasteiger charge is -2.28. The number of nitrogens with zero attached hydrogens (tertiary/aromatic N) is 1. The molecule has 0 saturated carbocycles. The second-order valence-corrected chi connectivity index (χ2v) is 6.02. The van der Waals surface area contributed by atoms with Crippen LogP contribution in [0.2, 0.25) is 0 Å². The Bertz CT molecular complexity index is 567. The summed E-state index contributed by atoms with van der Waals surface area (Å²) < 4.78 is 18.5. The molecule has 6 heteroatoms. The van der Waals surface area contributed by atoms with Gasteiger partial charge in [0.25, 0.3) is 0 Å². The number of likely N-dealkylation sites (tertiary alicyclic amines) is 1. The van der Waals surface area contributed by atoms with Gasteiger partial charge >= 0.3 is 6.09 Å². The molecule has 1 fully saturated rings. The Balaban J connectivity index is 2.33. The molecule has 1 N–H and O–H groups in total. The predicted molar refractivity (Wildman–Crippen MR) is 72.8 cm³/mol. The van der Waals surface area contributed by atoms with Gasteiger partial charge in [0.15, 0.2) is 0 Å². The van der Waals surface area contributed by atoms with Crippen molar-refractivity contribution in [2.24, 2.45) is 0 Å². The Labute approximate surface area is 122 Å². The van der Waals surface area contributed by atoms with E-state index in [2.05, 4.69) is 0 Å². The van der Waals surface area contributed by atoms with Crippen molar-refractivity contribution in [1.29, 1.82) is 0 Å². The van der Waals surface area contributed by atoms with Crippen LogP contribution < -0.4 is 0 Å². The normalized spacial score (nSPS) is 22.5. The molecule has 1 aromatic carbocycles. The molecule has 2 amide bonds. The van der Waals surface area contributed by atoms with E-state index >= 15 is 0 Å². The van der Waals surface area contributed by atoms with Gasteiger partial charge in [0.1, 0.15) is 11.4 Å². The van der Waals surface area contributed by atoms with Gasteiger partial charge in [-0.05, 0) is 38.5 Å². The highest BCUT2D eigenvalue weighted by molar-refractivity contribution is 5.95. The summed E-state index contributed by atoms with van der Waals surface area (Å²) >= 11 is 0. The lowest BCUT2D eigenvalue weighted by atomic mass is 10.0. The summed E-state index contributed by atoms with van der Waals surface area (Å²) in [6, 6.07) is 4.55. The van der Waals surface area contributed by atoms with Gasteiger partial charge in [-0.2, -0.15) is 0 Å². The number of benzene rings is 1. The SMILES string of the molecule is CC(C)(C)OC(=O)N1C(=O)C[C@@H](O)[C@@H]1c1cccc(F)c1. The third kappa shape index (κ3) is 3.39. The van der Waals surface area contributed by atoms with Gasteiger partial charge < -0.3 is 9.84 Å². The fraction of sp³-hybridized carbons (Fsp3) is 0.467. The maximum atomic E-state index is 13.3. The fourth-order valence-corrected chi connectivity index (χ4v) is 2.30. The van der Waals surface area contributed by atoms with E-state index in [4.69, 9.17) is 4.74 Å². The van der Waals surface area contributed by atoms with Crippen LogP contribution in [0.25, 0.3) is 0 Å². The number of imide groups is 1. The van der Waals surface area contributed by atoms with Gasteiger partial charge in [0.2, 0.25) is 5.91 Å². The molecule has 5 nitrogen and oxygen atoms in total. The minimum Gasteiger partial charge on any atom is -0.443 e. The second kappa shape index (κ2) is 5.44. The van der Waals surface area contributed by atoms with E-state index in [1.165, 1.54) is 18.2 Å². The summed E-state index contributed by atoms with van der Waals surface area (Å²) in [5.41, 5.74) is -0.406. The molecule has 0 aromatic heterocycles. The minimum atomic E-state index is -1.08. The summed E-state index contributed by atoms with van der Waals surface area (Å²) in [7, 11) is 0. The Hall–Kier alpha value is -1.95. The number of carbonyl (C=O) groups is 2. The number of hydrogen-bond acceptors (Lipinski definition) is 4. The van der Waals surface area contributed by atoms with Gasteiger partial charge in [0, 0.05) is 0 Å². The zero-order valence-electron chi connectivity index (χ0n) is 12.2. The van der Waals surface area contributed by atoms with E-state index in [-0.39, 0.29) is 6.42 Å². The molecule has 1 aliphatic heterocycles. The third-order valence-electron chi connectivity index (χ3n) is 3.08. The maximum absolute atomic E-state index is 13.3. The van der Waals surface area contributed by atoms with Crippen molar-refractivity contribution < 1.29 is 23.8 Å². The Morgan fingerprint density at radius 1 is 1.43 bits per heavy atom. The van der Waals surface area contributed by atoms with Crippen LogP contribution in [0.1, 0.15) is 38.8 Å². The average molecular weight is 295 g/mol. The summed E-state index contributed by atoms with van der Waals surface area (Å²) in [6.45, 7) is 5.04. The van der Waals surface area contributed by atoms with Crippen LogP contribution in [-0.2, 0) is 9.53 Å². The molecule has 0 aliphatic carbocycles. The van der Waals surface area contributed by atoms with E-state index in [9.17, 15) is 19.1 Å². The van der Waals surface area contributed by atoms with E-state index in [1.807, 2.05) is 0 Å². The number of rotatable bonds is 1. The van der Waals surface area contributed by atoms with E-state index in [0.717, 1.165) is 4.90 Å². The molecule has 0 bridgehead atoms. The molecule has 1 aliphatic rings. The van der Waals surface area contributed by atoms with Crippen molar-refractivity contribution in [2.75, 3.05) is 0 Å². The van der Waals surface area contributed by atoms with Crippen LogP contribution in [0.15, 0.2) is 24.3 Å². The monoisotopic (exact) mass is 295 g/mol. The summed E-state index contributed by atoms with van der Waals surface area (Å²) in [5, 5.41) is 10.0. The number of aliphatic hydroxyl groups excluding tert-OH is 1. The van der Waals surface area contributed by atoms with Crippen molar-refractivity contribution >= 4 is 12.0 Å². The van der Waals surface area contributed by atoms with Crippen molar-refractivity contribution in [2.45, 2.75) is 44.9 Å². The third-order valence-corrected chi connectivity index (χ3v) is 3.08. The summed E-state index contributed by atoms with van der Waals surface area (Å²) in [5.74, 6) is -1.03. The smallest absolute Gasteiger partial charge is 0.417 e. The lowest BCUT2D eigenvalue weighted by Crippen LogP contribution is -2.40. The average Bonchev–Trinajstić information content (AvgIpc) is 2.62. The molecular formula is C15H18FNO4. The number of ether oxygens (including phenoxy) is 1. The first-order valence-corrected chi connectivity index (χ1v) is 6.67. The molecule has 1 aromatic rings. The molecule has 0 unspecified atom stereocenters. The van der Waals surface area contributed by atoms with Crippen molar-refractivity contribution in [1.82, 2.24) is 4.90 Å². The first-order chi connectivity index (χ1) is 9.69. The topological polar surface area (TPSA) is 66.8 Å². The molecular weight excluding hydrogens is 277 g/mol. The first kappa shape index (κ1) is 15.4. The standard InChI is InChI=1S/C15H18FNO4/c1-15(2,3)21-14(20)17-12(19)8-11(18)13(17)9-5-4-6-10(16)7-9/h4-7,11,13,18H,8H2,1-3H3/t11-,13+/m1/s1. The van der Waals surface area contributed by atoms with E-state index in [0.29, 0.717) is 5.56 Å². The van der Waals surface area contributed by atoms with E-state index in [1.54, 1.807) is 26.8 Å². The highest BCUT2D eigenvalue weighted by Crippen LogP contribution is 2.34. The number of amides is 2. The van der Waals surface area contributed by atoms with Gasteiger partial charge in [-0.25, -0.2) is 14.1 Å². The molecule has 114 valence electrons. The zero-order valence-corrected chi connectivity index (χ0v) is 12.2. The zero-order chi connectivity index (χ0) is 15.8. The molecule has 2 atom stereocenters. The number of carbonyl (C=O) groups excluding carboxylic acids is 2. The predicted octanol–water partition coefficient (Wildman–Crippen LogP) is 2.40. The molecule has 0 radical (unpaired) electrons. The summed E-state index contributed by atoms with van der Waals surface area (Å²) in [6.07, 6.45) is -2.11. The summed E-state index contributed by atoms with van der Waals surface area (Å²) in [4.78, 5) is 25.0. The second-order valence-electron chi connectivity index (χ2n) is 6.02. The molecule has 0 spiro atoms. The van der Waals surface area contributed by atoms with Crippen LogP contribution in [0.3, 0.4) is 0 Å². The quantitative estimate of drug-likeness (QED) is 0.864. The largest absolute Gasteiger partial charge is 0.443 e. The van der Waals surface area contributed by atoms with Crippen LogP contribution in [0, 0.1) is 5.82 Å². The molecule has 2 rings (SSSR count). The Kier molecular flexibility index (Phi) is 4.00. The molecule has 1 heterocycles. The van der Waals surface area contributed by atoms with Crippen LogP contribution in [0.5, 0.6) is 0 Å². The fourth-order valence-electron chi connectivity index (χ4n) is 2.30. The van der Waals surface area contributed by atoms with Gasteiger partial charge in [-0.3, -0.25) is 4.79 Å². The lowest BCUT2D eigenvalue weighted by molar-refractivity contribution is -0.128. The molecule has 21 heavy (non-hydrogen) atoms. The Morgan fingerprint density at radius 3 is 2.67 bits per heavy atom. The first-order valence-electron chi connectivity index (χ1n) is 6.67. The highest BCUT2D eigenvalue weighted by atomic mass is 19.1. The van der Waals surface area contributed by atoms with Gasteiger partial charge in [-0.1, -0.05) is 12.1 Å². The van der Waals surface area contributed by atoms with Gasteiger partial charge in [0.05, 0.1) is 18.6 Å².